The van der Waals surface area contributed by atoms with Crippen LogP contribution in [0.25, 0.3) is 0 Å². The molecule has 2 aromatic rings. The Morgan fingerprint density at radius 2 is 1.88 bits per heavy atom. The fourth-order valence-electron chi connectivity index (χ4n) is 3.16. The number of benzene rings is 2. The van der Waals surface area contributed by atoms with E-state index in [1.165, 1.54) is 5.56 Å². The lowest BCUT2D eigenvalue weighted by molar-refractivity contribution is 0.0793. The SMILES string of the molecule is COc1ccc(CNc2ccccc2CN2CCC(O)CC2)c(O)c1. The van der Waals surface area contributed by atoms with Gasteiger partial charge in [-0.05, 0) is 36.6 Å². The van der Waals surface area contributed by atoms with E-state index < -0.39 is 0 Å². The van der Waals surface area contributed by atoms with Crippen LogP contribution in [0.1, 0.15) is 24.0 Å². The van der Waals surface area contributed by atoms with Gasteiger partial charge in [-0.3, -0.25) is 4.90 Å². The number of piperidine rings is 1. The molecular weight excluding hydrogens is 316 g/mol. The third kappa shape index (κ3) is 4.65. The van der Waals surface area contributed by atoms with E-state index in [1.54, 1.807) is 13.2 Å². The minimum Gasteiger partial charge on any atom is -0.507 e. The lowest BCUT2D eigenvalue weighted by Crippen LogP contribution is -2.35. The zero-order valence-corrected chi connectivity index (χ0v) is 14.6. The van der Waals surface area contributed by atoms with Crippen molar-refractivity contribution in [1.82, 2.24) is 4.90 Å². The van der Waals surface area contributed by atoms with Gasteiger partial charge in [0.2, 0.25) is 0 Å². The fourth-order valence-corrected chi connectivity index (χ4v) is 3.16. The molecule has 1 aliphatic heterocycles. The fraction of sp³-hybridized carbons (Fsp3) is 0.400. The molecule has 1 saturated heterocycles. The van der Waals surface area contributed by atoms with Gasteiger partial charge in [-0.2, -0.15) is 0 Å². The number of ether oxygens (including phenoxy) is 1. The van der Waals surface area contributed by atoms with Crippen LogP contribution in [0, 0.1) is 0 Å². The Balaban J connectivity index is 1.65. The number of nitrogens with one attached hydrogen (secondary N) is 1. The summed E-state index contributed by atoms with van der Waals surface area (Å²) in [5.41, 5.74) is 3.13. The van der Waals surface area contributed by atoms with E-state index in [4.69, 9.17) is 4.74 Å². The quantitative estimate of drug-likeness (QED) is 0.753. The van der Waals surface area contributed by atoms with Crippen LogP contribution in [0.4, 0.5) is 5.69 Å². The van der Waals surface area contributed by atoms with Crippen LogP contribution in [0.5, 0.6) is 11.5 Å². The van der Waals surface area contributed by atoms with Crippen molar-refractivity contribution in [2.24, 2.45) is 0 Å². The Morgan fingerprint density at radius 3 is 2.60 bits per heavy atom. The van der Waals surface area contributed by atoms with Crippen molar-refractivity contribution >= 4 is 5.69 Å². The number of likely N-dealkylation sites (tertiary alicyclic amines) is 1. The summed E-state index contributed by atoms with van der Waals surface area (Å²) in [5.74, 6) is 0.878. The largest absolute Gasteiger partial charge is 0.507 e. The van der Waals surface area contributed by atoms with Crippen LogP contribution < -0.4 is 10.1 Å². The Labute approximate surface area is 148 Å². The number of hydrogen-bond donors (Lipinski definition) is 3. The zero-order valence-electron chi connectivity index (χ0n) is 14.6. The van der Waals surface area contributed by atoms with Crippen molar-refractivity contribution < 1.29 is 14.9 Å². The van der Waals surface area contributed by atoms with Gasteiger partial charge in [0.25, 0.3) is 0 Å². The molecule has 5 heteroatoms. The summed E-state index contributed by atoms with van der Waals surface area (Å²) in [6.07, 6.45) is 1.53. The maximum Gasteiger partial charge on any atom is 0.124 e. The van der Waals surface area contributed by atoms with E-state index >= 15 is 0 Å². The van der Waals surface area contributed by atoms with E-state index in [-0.39, 0.29) is 11.9 Å². The minimum absolute atomic E-state index is 0.150. The highest BCUT2D eigenvalue weighted by molar-refractivity contribution is 5.52. The summed E-state index contributed by atoms with van der Waals surface area (Å²) in [5, 5.41) is 23.2. The molecular formula is C20H26N2O3. The lowest BCUT2D eigenvalue weighted by Gasteiger charge is -2.30. The average molecular weight is 342 g/mol. The van der Waals surface area contributed by atoms with Crippen LogP contribution >= 0.6 is 0 Å². The molecule has 0 aromatic heterocycles. The highest BCUT2D eigenvalue weighted by Gasteiger charge is 2.17. The molecule has 0 spiro atoms. The second-order valence-electron chi connectivity index (χ2n) is 6.51. The van der Waals surface area contributed by atoms with Gasteiger partial charge in [0.15, 0.2) is 0 Å². The van der Waals surface area contributed by atoms with E-state index in [0.29, 0.717) is 12.3 Å². The summed E-state index contributed by atoms with van der Waals surface area (Å²) in [7, 11) is 1.59. The van der Waals surface area contributed by atoms with Gasteiger partial charge in [0, 0.05) is 43.5 Å². The van der Waals surface area contributed by atoms with Crippen LogP contribution in [0.2, 0.25) is 0 Å². The van der Waals surface area contributed by atoms with Gasteiger partial charge < -0.3 is 20.3 Å². The summed E-state index contributed by atoms with van der Waals surface area (Å²) < 4.78 is 5.12. The molecule has 0 saturated carbocycles. The number of anilines is 1. The number of phenolic OH excluding ortho intramolecular Hbond substituents is 1. The maximum atomic E-state index is 10.1. The Bertz CT molecular complexity index is 697. The third-order valence-corrected chi connectivity index (χ3v) is 4.73. The number of hydrogen-bond acceptors (Lipinski definition) is 5. The first kappa shape index (κ1) is 17.6. The average Bonchev–Trinajstić information content (AvgIpc) is 2.63. The molecule has 25 heavy (non-hydrogen) atoms. The van der Waals surface area contributed by atoms with Crippen molar-refractivity contribution in [3.8, 4) is 11.5 Å². The molecule has 0 unspecified atom stereocenters. The van der Waals surface area contributed by atoms with Crippen molar-refractivity contribution in [3.05, 3.63) is 53.6 Å². The van der Waals surface area contributed by atoms with Gasteiger partial charge in [-0.25, -0.2) is 0 Å². The zero-order chi connectivity index (χ0) is 17.6. The topological polar surface area (TPSA) is 65.0 Å². The molecule has 1 aliphatic rings. The van der Waals surface area contributed by atoms with E-state index in [1.807, 2.05) is 24.3 Å². The molecule has 3 N–H and O–H groups in total. The summed E-state index contributed by atoms with van der Waals surface area (Å²) in [6, 6.07) is 13.6. The first-order valence-electron chi connectivity index (χ1n) is 8.74. The van der Waals surface area contributed by atoms with Gasteiger partial charge in [-0.15, -0.1) is 0 Å². The Morgan fingerprint density at radius 1 is 1.12 bits per heavy atom. The molecule has 2 aromatic carbocycles. The van der Waals surface area contributed by atoms with Crippen molar-refractivity contribution in [2.45, 2.75) is 32.0 Å². The molecule has 0 atom stereocenters. The molecule has 0 amide bonds. The van der Waals surface area contributed by atoms with Gasteiger partial charge in [0.05, 0.1) is 13.2 Å². The van der Waals surface area contributed by atoms with Gasteiger partial charge in [0.1, 0.15) is 11.5 Å². The molecule has 0 radical (unpaired) electrons. The van der Waals surface area contributed by atoms with Crippen molar-refractivity contribution in [3.63, 3.8) is 0 Å². The number of methoxy groups -OCH3 is 1. The molecule has 1 heterocycles. The third-order valence-electron chi connectivity index (χ3n) is 4.73. The van der Waals surface area contributed by atoms with Gasteiger partial charge in [-0.1, -0.05) is 18.2 Å². The second kappa shape index (κ2) is 8.23. The van der Waals surface area contributed by atoms with Crippen LogP contribution in [-0.2, 0) is 13.1 Å². The van der Waals surface area contributed by atoms with E-state index in [9.17, 15) is 10.2 Å². The Hall–Kier alpha value is -2.24. The van der Waals surface area contributed by atoms with Crippen LogP contribution in [0.3, 0.4) is 0 Å². The predicted molar refractivity (Wildman–Crippen MR) is 98.9 cm³/mol. The van der Waals surface area contributed by atoms with Crippen molar-refractivity contribution in [1.29, 1.82) is 0 Å². The smallest absolute Gasteiger partial charge is 0.124 e. The van der Waals surface area contributed by atoms with E-state index in [0.717, 1.165) is 43.7 Å². The second-order valence-corrected chi connectivity index (χ2v) is 6.51. The first-order chi connectivity index (χ1) is 12.2. The molecule has 0 bridgehead atoms. The monoisotopic (exact) mass is 342 g/mol. The van der Waals surface area contributed by atoms with Crippen molar-refractivity contribution in [2.75, 3.05) is 25.5 Å². The standard InChI is InChI=1S/C20H26N2O3/c1-25-18-7-6-15(20(24)12-18)13-21-19-5-3-2-4-16(19)14-22-10-8-17(23)9-11-22/h2-7,12,17,21,23-24H,8-11,13-14H2,1H3. The lowest BCUT2D eigenvalue weighted by atomic mass is 10.1. The molecule has 0 aliphatic carbocycles. The number of aromatic hydroxyl groups is 1. The van der Waals surface area contributed by atoms with Crippen LogP contribution in [-0.4, -0.2) is 41.4 Å². The number of aliphatic hydroxyl groups is 1. The number of para-hydroxylation sites is 1. The first-order valence-corrected chi connectivity index (χ1v) is 8.74. The number of phenols is 1. The highest BCUT2D eigenvalue weighted by Crippen LogP contribution is 2.25. The summed E-state index contributed by atoms with van der Waals surface area (Å²) in [4.78, 5) is 2.37. The molecule has 1 fully saturated rings. The minimum atomic E-state index is -0.150. The number of nitrogens with zero attached hydrogens (tertiary/aromatic N) is 1. The normalized spacial score (nSPS) is 15.9. The maximum absolute atomic E-state index is 10.1. The number of aliphatic hydroxyl groups excluding tert-OH is 1. The highest BCUT2D eigenvalue weighted by atomic mass is 16.5. The van der Waals surface area contributed by atoms with Gasteiger partial charge >= 0.3 is 0 Å². The molecule has 5 nitrogen and oxygen atoms in total. The van der Waals surface area contributed by atoms with Crippen LogP contribution in [0.15, 0.2) is 42.5 Å². The molecule has 134 valence electrons. The molecule has 3 rings (SSSR count). The summed E-state index contributed by atoms with van der Waals surface area (Å²) in [6.45, 7) is 3.26. The van der Waals surface area contributed by atoms with E-state index in [2.05, 4.69) is 22.3 Å². The Kier molecular flexibility index (Phi) is 5.79. The predicted octanol–water partition coefficient (Wildman–Crippen LogP) is 2.97. The summed E-state index contributed by atoms with van der Waals surface area (Å²) >= 11 is 0. The number of rotatable bonds is 6.